The van der Waals surface area contributed by atoms with E-state index in [0.717, 1.165) is 25.3 Å². The van der Waals surface area contributed by atoms with Gasteiger partial charge in [0.05, 0.1) is 0 Å². The first-order valence-corrected chi connectivity index (χ1v) is 9.68. The molecule has 1 N–H and O–H groups in total. The summed E-state index contributed by atoms with van der Waals surface area (Å²) in [7, 11) is -0.677. The van der Waals surface area contributed by atoms with Crippen LogP contribution in [0.15, 0.2) is 30.3 Å². The van der Waals surface area contributed by atoms with E-state index in [1.54, 1.807) is 6.26 Å². The zero-order valence-corrected chi connectivity index (χ0v) is 14.1. The molecule has 1 aliphatic rings. The number of hydrogen-bond acceptors (Lipinski definition) is 3. The topological polar surface area (TPSA) is 32.3 Å². The molecule has 0 bridgehead atoms. The predicted octanol–water partition coefficient (Wildman–Crippen LogP) is 2.40. The highest BCUT2D eigenvalue weighted by atomic mass is 32.2. The largest absolute Gasteiger partial charge is 0.310 e. The maximum Gasteiger partial charge on any atom is 0.0246 e. The second-order valence-corrected chi connectivity index (χ2v) is 7.75. The van der Waals surface area contributed by atoms with Gasteiger partial charge in [0, 0.05) is 48.0 Å². The van der Waals surface area contributed by atoms with Crippen LogP contribution < -0.4 is 5.32 Å². The molecule has 0 spiro atoms. The normalized spacial score (nSPS) is 22.9. The number of nitrogens with one attached hydrogen (secondary N) is 1. The average Bonchev–Trinajstić information content (AvgIpc) is 2.46. The van der Waals surface area contributed by atoms with E-state index < -0.39 is 10.8 Å². The third-order valence-corrected chi connectivity index (χ3v) is 4.92. The summed E-state index contributed by atoms with van der Waals surface area (Å²) < 4.78 is 11.2. The Labute approximate surface area is 131 Å². The molecule has 1 saturated heterocycles. The molecule has 0 saturated carbocycles. The van der Waals surface area contributed by atoms with Gasteiger partial charge in [-0.2, -0.15) is 0 Å². The molecule has 1 aliphatic heterocycles. The summed E-state index contributed by atoms with van der Waals surface area (Å²) >= 11 is 0. The van der Waals surface area contributed by atoms with Gasteiger partial charge in [-0.15, -0.1) is 0 Å². The van der Waals surface area contributed by atoms with Gasteiger partial charge in [-0.1, -0.05) is 30.3 Å². The van der Waals surface area contributed by atoms with Crippen molar-refractivity contribution in [1.29, 1.82) is 0 Å². The fraction of sp³-hybridized carbons (Fsp3) is 0.647. The summed E-state index contributed by atoms with van der Waals surface area (Å²) in [5.74, 6) is 0.800. The molecule has 1 aromatic rings. The smallest absolute Gasteiger partial charge is 0.0246 e. The van der Waals surface area contributed by atoms with Crippen LogP contribution in [0.2, 0.25) is 0 Å². The van der Waals surface area contributed by atoms with E-state index in [-0.39, 0.29) is 0 Å². The van der Waals surface area contributed by atoms with Crippen molar-refractivity contribution in [2.75, 3.05) is 25.1 Å². The zero-order valence-electron chi connectivity index (χ0n) is 13.3. The first-order chi connectivity index (χ1) is 10.1. The molecule has 1 heterocycles. The predicted molar refractivity (Wildman–Crippen MR) is 90.9 cm³/mol. The lowest BCUT2D eigenvalue weighted by molar-refractivity contribution is 0.176. The zero-order chi connectivity index (χ0) is 15.1. The van der Waals surface area contributed by atoms with Crippen molar-refractivity contribution in [1.82, 2.24) is 10.2 Å². The van der Waals surface area contributed by atoms with E-state index >= 15 is 0 Å². The van der Waals surface area contributed by atoms with Gasteiger partial charge < -0.3 is 5.32 Å². The fourth-order valence-electron chi connectivity index (χ4n) is 3.01. The van der Waals surface area contributed by atoms with E-state index in [2.05, 4.69) is 47.5 Å². The first-order valence-electron chi connectivity index (χ1n) is 7.96. The second-order valence-electron chi connectivity index (χ2n) is 6.19. The van der Waals surface area contributed by atoms with Crippen molar-refractivity contribution >= 4 is 10.8 Å². The lowest BCUT2D eigenvalue weighted by atomic mass is 10.0. The summed E-state index contributed by atoms with van der Waals surface area (Å²) in [5.41, 5.74) is 1.40. The molecular formula is C17H28N2OS. The Balaban J connectivity index is 1.76. The van der Waals surface area contributed by atoms with Gasteiger partial charge in [-0.3, -0.25) is 9.11 Å². The second kappa shape index (κ2) is 8.66. The van der Waals surface area contributed by atoms with Crippen molar-refractivity contribution in [2.45, 2.75) is 44.8 Å². The van der Waals surface area contributed by atoms with Crippen LogP contribution in [0.5, 0.6) is 0 Å². The van der Waals surface area contributed by atoms with E-state index in [4.69, 9.17) is 0 Å². The number of piperidine rings is 1. The van der Waals surface area contributed by atoms with Gasteiger partial charge in [0.15, 0.2) is 0 Å². The summed E-state index contributed by atoms with van der Waals surface area (Å²) in [4.78, 5) is 2.54. The maximum absolute atomic E-state index is 11.2. The summed E-state index contributed by atoms with van der Waals surface area (Å²) in [5, 5.41) is 3.71. The lowest BCUT2D eigenvalue weighted by Crippen LogP contribution is -2.48. The molecule has 118 valence electrons. The molecular weight excluding hydrogens is 280 g/mol. The summed E-state index contributed by atoms with van der Waals surface area (Å²) in [6.45, 7) is 5.57. The van der Waals surface area contributed by atoms with Gasteiger partial charge in [-0.05, 0) is 38.3 Å². The van der Waals surface area contributed by atoms with Gasteiger partial charge >= 0.3 is 0 Å². The first kappa shape index (κ1) is 16.7. The minimum atomic E-state index is -0.677. The highest BCUT2D eigenvalue weighted by Gasteiger charge is 2.21. The van der Waals surface area contributed by atoms with Crippen molar-refractivity contribution < 1.29 is 4.21 Å². The number of hydrogen-bond donors (Lipinski definition) is 1. The molecule has 0 aliphatic carbocycles. The molecule has 3 nitrogen and oxygen atoms in total. The highest BCUT2D eigenvalue weighted by molar-refractivity contribution is 7.84. The Morgan fingerprint density at radius 3 is 2.86 bits per heavy atom. The number of benzene rings is 1. The van der Waals surface area contributed by atoms with Gasteiger partial charge in [-0.25, -0.2) is 0 Å². The van der Waals surface area contributed by atoms with Crippen LogP contribution in [0.4, 0.5) is 0 Å². The Morgan fingerprint density at radius 2 is 2.14 bits per heavy atom. The molecule has 4 heteroatoms. The Kier molecular flexibility index (Phi) is 6.87. The van der Waals surface area contributed by atoms with Gasteiger partial charge in [0.2, 0.25) is 0 Å². The minimum absolute atomic E-state index is 0.454. The van der Waals surface area contributed by atoms with Crippen molar-refractivity contribution in [2.24, 2.45) is 0 Å². The molecule has 3 unspecified atom stereocenters. The highest BCUT2D eigenvalue weighted by Crippen LogP contribution is 2.14. The van der Waals surface area contributed by atoms with Crippen molar-refractivity contribution in [3.05, 3.63) is 35.9 Å². The maximum atomic E-state index is 11.2. The minimum Gasteiger partial charge on any atom is -0.310 e. The van der Waals surface area contributed by atoms with Gasteiger partial charge in [0.25, 0.3) is 0 Å². The van der Waals surface area contributed by atoms with E-state index in [1.807, 2.05) is 0 Å². The number of likely N-dealkylation sites (tertiary alicyclic amines) is 1. The molecule has 3 atom stereocenters. The molecule has 0 radical (unpaired) electrons. The Hall–Kier alpha value is -0.710. The molecule has 0 amide bonds. The number of rotatable bonds is 7. The van der Waals surface area contributed by atoms with Crippen LogP contribution in [-0.4, -0.2) is 46.3 Å². The lowest BCUT2D eigenvalue weighted by Gasteiger charge is -2.34. The Morgan fingerprint density at radius 1 is 1.38 bits per heavy atom. The van der Waals surface area contributed by atoms with Gasteiger partial charge in [0.1, 0.15) is 0 Å². The summed E-state index contributed by atoms with van der Waals surface area (Å²) in [6.07, 6.45) is 5.30. The van der Waals surface area contributed by atoms with Crippen molar-refractivity contribution in [3.63, 3.8) is 0 Å². The molecule has 1 aromatic carbocycles. The average molecular weight is 308 g/mol. The Bertz CT molecular complexity index is 438. The molecule has 2 rings (SSSR count). The van der Waals surface area contributed by atoms with Crippen molar-refractivity contribution in [3.8, 4) is 0 Å². The standard InChI is InChI=1S/C17H28N2OS/c1-15(10-12-21(2)20)18-17-9-6-11-19(14-17)13-16-7-4-3-5-8-16/h3-5,7-8,15,17-18H,6,9-14H2,1-2H3. The fourth-order valence-corrected chi connectivity index (χ4v) is 3.69. The van der Waals surface area contributed by atoms with Crippen LogP contribution in [0.3, 0.4) is 0 Å². The molecule has 1 fully saturated rings. The van der Waals surface area contributed by atoms with Crippen LogP contribution in [0.25, 0.3) is 0 Å². The SMILES string of the molecule is CC(CCS(C)=O)NC1CCCN(Cc2ccccc2)C1. The number of nitrogens with zero attached hydrogens (tertiary/aromatic N) is 1. The molecule has 21 heavy (non-hydrogen) atoms. The van der Waals surface area contributed by atoms with Crippen LogP contribution in [-0.2, 0) is 17.3 Å². The monoisotopic (exact) mass is 308 g/mol. The van der Waals surface area contributed by atoms with Crippen LogP contribution >= 0.6 is 0 Å². The van der Waals surface area contributed by atoms with E-state index in [1.165, 1.54) is 24.9 Å². The van der Waals surface area contributed by atoms with E-state index in [9.17, 15) is 4.21 Å². The third kappa shape index (κ3) is 6.29. The quantitative estimate of drug-likeness (QED) is 0.839. The van der Waals surface area contributed by atoms with Crippen LogP contribution in [0.1, 0.15) is 31.7 Å². The van der Waals surface area contributed by atoms with Crippen LogP contribution in [0, 0.1) is 0 Å². The van der Waals surface area contributed by atoms with E-state index in [0.29, 0.717) is 12.1 Å². The molecule has 0 aromatic heterocycles. The summed E-state index contributed by atoms with van der Waals surface area (Å²) in [6, 6.07) is 11.7. The third-order valence-electron chi connectivity index (χ3n) is 4.11.